The summed E-state index contributed by atoms with van der Waals surface area (Å²) in [5, 5.41) is 4.17. The smallest absolute Gasteiger partial charge is 0.246 e. The van der Waals surface area contributed by atoms with Crippen molar-refractivity contribution in [1.82, 2.24) is 19.0 Å². The van der Waals surface area contributed by atoms with Gasteiger partial charge in [-0.15, -0.1) is 0 Å². The van der Waals surface area contributed by atoms with E-state index in [1.807, 2.05) is 0 Å². The van der Waals surface area contributed by atoms with Crippen LogP contribution in [0.25, 0.3) is 0 Å². The van der Waals surface area contributed by atoms with Crippen LogP contribution in [0.2, 0.25) is 0 Å². The van der Waals surface area contributed by atoms with Gasteiger partial charge in [0.05, 0.1) is 5.69 Å². The van der Waals surface area contributed by atoms with Gasteiger partial charge in [0.25, 0.3) is 0 Å². The van der Waals surface area contributed by atoms with Gasteiger partial charge >= 0.3 is 0 Å². The third-order valence-corrected chi connectivity index (χ3v) is 7.06. The van der Waals surface area contributed by atoms with E-state index in [9.17, 15) is 13.2 Å². The van der Waals surface area contributed by atoms with Crippen molar-refractivity contribution >= 4 is 15.9 Å². The molecule has 1 amide bonds. The highest BCUT2D eigenvalue weighted by atomic mass is 32.2. The van der Waals surface area contributed by atoms with Gasteiger partial charge in [-0.1, -0.05) is 0 Å². The van der Waals surface area contributed by atoms with E-state index in [2.05, 4.69) is 5.10 Å². The number of piperidine rings is 1. The number of likely N-dealkylation sites (N-methyl/N-ethyl adjacent to an activating group) is 1. The number of aryl methyl sites for hydroxylation is 2. The zero-order valence-corrected chi connectivity index (χ0v) is 14.7. The minimum Gasteiger partial charge on any atom is -0.341 e. The number of rotatable bonds is 2. The minimum atomic E-state index is -3.59. The van der Waals surface area contributed by atoms with Gasteiger partial charge in [0.15, 0.2) is 0 Å². The number of aromatic nitrogens is 2. The maximum Gasteiger partial charge on any atom is 0.246 e. The minimum absolute atomic E-state index is 0.0227. The van der Waals surface area contributed by atoms with Gasteiger partial charge in [-0.3, -0.25) is 9.48 Å². The van der Waals surface area contributed by atoms with E-state index < -0.39 is 10.0 Å². The Balaban J connectivity index is 1.98. The molecule has 0 spiro atoms. The Hall–Kier alpha value is -1.41. The van der Waals surface area contributed by atoms with Crippen LogP contribution in [0.4, 0.5) is 0 Å². The Bertz CT molecular complexity index is 712. The van der Waals surface area contributed by atoms with Crippen LogP contribution in [-0.2, 0) is 21.9 Å². The molecule has 0 N–H and O–H groups in total. The van der Waals surface area contributed by atoms with Crippen molar-refractivity contribution in [3.63, 3.8) is 0 Å². The summed E-state index contributed by atoms with van der Waals surface area (Å²) in [7, 11) is -0.0597. The average Bonchev–Trinajstić information content (AvgIpc) is 2.78. The van der Waals surface area contributed by atoms with Crippen LogP contribution in [0.15, 0.2) is 11.1 Å². The number of carbonyl (C=O) groups excluding carboxylic acids is 1. The first-order chi connectivity index (χ1) is 10.8. The maximum absolute atomic E-state index is 13.1. The second-order valence-corrected chi connectivity index (χ2v) is 8.40. The normalized spacial score (nSPS) is 26.9. The molecule has 0 radical (unpaired) electrons. The molecule has 0 aliphatic carbocycles. The first-order valence-electron chi connectivity index (χ1n) is 8.10. The van der Waals surface area contributed by atoms with Crippen molar-refractivity contribution < 1.29 is 13.2 Å². The molecule has 2 atom stereocenters. The zero-order chi connectivity index (χ0) is 16.8. The summed E-state index contributed by atoms with van der Waals surface area (Å²) < 4.78 is 29.4. The number of carbonyl (C=O) groups is 1. The summed E-state index contributed by atoms with van der Waals surface area (Å²) in [5.41, 5.74) is 0.521. The van der Waals surface area contributed by atoms with Crippen LogP contribution in [-0.4, -0.2) is 59.0 Å². The first-order valence-corrected chi connectivity index (χ1v) is 9.54. The number of nitrogens with zero attached hydrogens (tertiary/aromatic N) is 4. The number of likely N-dealkylation sites (tertiary alicyclic amines) is 1. The molecule has 8 heteroatoms. The van der Waals surface area contributed by atoms with Gasteiger partial charge < -0.3 is 4.90 Å². The summed E-state index contributed by atoms with van der Waals surface area (Å²) in [6.45, 7) is 2.23. The maximum atomic E-state index is 13.1. The molecule has 0 saturated carbocycles. The Morgan fingerprint density at radius 2 is 1.87 bits per heavy atom. The van der Waals surface area contributed by atoms with Gasteiger partial charge in [0.2, 0.25) is 15.9 Å². The molecule has 2 aliphatic heterocycles. The van der Waals surface area contributed by atoms with E-state index in [1.165, 1.54) is 4.68 Å². The molecule has 128 valence electrons. The van der Waals surface area contributed by atoms with E-state index in [1.54, 1.807) is 36.4 Å². The van der Waals surface area contributed by atoms with E-state index in [-0.39, 0.29) is 22.9 Å². The highest BCUT2D eigenvalue weighted by Gasteiger charge is 2.43. The number of sulfonamides is 1. The molecule has 23 heavy (non-hydrogen) atoms. The monoisotopic (exact) mass is 340 g/mol. The molecular formula is C15H24N4O3S. The Morgan fingerprint density at radius 3 is 2.52 bits per heavy atom. The van der Waals surface area contributed by atoms with Crippen molar-refractivity contribution in [2.24, 2.45) is 7.05 Å². The predicted octanol–water partition coefficient (Wildman–Crippen LogP) is 0.893. The van der Waals surface area contributed by atoms with E-state index in [4.69, 9.17) is 0 Å². The topological polar surface area (TPSA) is 75.5 Å². The quantitative estimate of drug-likeness (QED) is 0.801. The van der Waals surface area contributed by atoms with Crippen LogP contribution in [0, 0.1) is 6.92 Å². The predicted molar refractivity (Wildman–Crippen MR) is 85.3 cm³/mol. The molecule has 1 aromatic heterocycles. The van der Waals surface area contributed by atoms with Crippen molar-refractivity contribution in [2.45, 2.75) is 56.0 Å². The fraction of sp³-hybridized carbons (Fsp3) is 0.733. The fourth-order valence-electron chi connectivity index (χ4n) is 3.87. The summed E-state index contributed by atoms with van der Waals surface area (Å²) in [5.74, 6) is 0.120. The standard InChI is InChI=1S/C15H24N4O3S/c1-11-14(10-17(2)16-11)23(21,22)19-9-5-7-12-13(19)6-4-8-15(20)18(12)3/h10,12-13H,4-9H2,1-3H3/t12-,13-/m1/s1. The second-order valence-electron chi connectivity index (χ2n) is 6.54. The Kier molecular flexibility index (Phi) is 4.22. The van der Waals surface area contributed by atoms with Gasteiger partial charge in [-0.05, 0) is 32.6 Å². The number of fused-ring (bicyclic) bond motifs is 1. The Morgan fingerprint density at radius 1 is 1.17 bits per heavy atom. The number of hydrogen-bond donors (Lipinski definition) is 0. The molecule has 3 rings (SSSR count). The third-order valence-electron chi connectivity index (χ3n) is 5.03. The third kappa shape index (κ3) is 2.78. The fourth-order valence-corrected chi connectivity index (χ4v) is 5.80. The van der Waals surface area contributed by atoms with Gasteiger partial charge in [0, 0.05) is 45.3 Å². The molecule has 0 bridgehead atoms. The lowest BCUT2D eigenvalue weighted by atomic mass is 9.95. The highest BCUT2D eigenvalue weighted by molar-refractivity contribution is 7.89. The SMILES string of the molecule is Cc1nn(C)cc1S(=O)(=O)N1CCC[C@@H]2[C@H]1CCCC(=O)N2C. The molecule has 2 aliphatic rings. The summed E-state index contributed by atoms with van der Waals surface area (Å²) in [6, 6.07) is -0.157. The van der Waals surface area contributed by atoms with Crippen molar-refractivity contribution in [3.05, 3.63) is 11.9 Å². The van der Waals surface area contributed by atoms with Crippen molar-refractivity contribution in [3.8, 4) is 0 Å². The van der Waals surface area contributed by atoms with Crippen LogP contribution in [0.1, 0.15) is 37.8 Å². The summed E-state index contributed by atoms with van der Waals surface area (Å²) in [4.78, 5) is 14.1. The van der Waals surface area contributed by atoms with Gasteiger partial charge in [-0.2, -0.15) is 9.40 Å². The molecule has 2 fully saturated rings. The zero-order valence-electron chi connectivity index (χ0n) is 13.9. The first kappa shape index (κ1) is 16.4. The lowest BCUT2D eigenvalue weighted by molar-refractivity contribution is -0.132. The highest BCUT2D eigenvalue weighted by Crippen LogP contribution is 2.33. The van der Waals surface area contributed by atoms with Crippen LogP contribution in [0.3, 0.4) is 0 Å². The Labute approximate surface area is 137 Å². The van der Waals surface area contributed by atoms with E-state index in [0.717, 1.165) is 25.7 Å². The van der Waals surface area contributed by atoms with Crippen molar-refractivity contribution in [1.29, 1.82) is 0 Å². The molecule has 0 aromatic carbocycles. The largest absolute Gasteiger partial charge is 0.341 e. The molecule has 2 saturated heterocycles. The van der Waals surface area contributed by atoms with Gasteiger partial charge in [0.1, 0.15) is 4.90 Å². The van der Waals surface area contributed by atoms with Crippen LogP contribution >= 0.6 is 0 Å². The number of hydrogen-bond acceptors (Lipinski definition) is 4. The van der Waals surface area contributed by atoms with E-state index in [0.29, 0.717) is 18.7 Å². The summed E-state index contributed by atoms with van der Waals surface area (Å²) in [6.07, 6.45) is 5.19. The van der Waals surface area contributed by atoms with Crippen molar-refractivity contribution in [2.75, 3.05) is 13.6 Å². The molecule has 1 aromatic rings. The van der Waals surface area contributed by atoms with E-state index >= 15 is 0 Å². The second kappa shape index (κ2) is 5.90. The molecule has 3 heterocycles. The number of amides is 1. The van der Waals surface area contributed by atoms with Crippen LogP contribution in [0.5, 0.6) is 0 Å². The van der Waals surface area contributed by atoms with Crippen LogP contribution < -0.4 is 0 Å². The average molecular weight is 340 g/mol. The molecular weight excluding hydrogens is 316 g/mol. The molecule has 0 unspecified atom stereocenters. The summed E-state index contributed by atoms with van der Waals surface area (Å²) >= 11 is 0. The lowest BCUT2D eigenvalue weighted by Gasteiger charge is -2.42. The lowest BCUT2D eigenvalue weighted by Crippen LogP contribution is -2.56. The molecule has 7 nitrogen and oxygen atoms in total. The van der Waals surface area contributed by atoms with Gasteiger partial charge in [-0.25, -0.2) is 8.42 Å².